The van der Waals surface area contributed by atoms with Gasteiger partial charge in [0.25, 0.3) is 5.91 Å². The highest BCUT2D eigenvalue weighted by molar-refractivity contribution is 5.96. The molecule has 2 rings (SSSR count). The van der Waals surface area contributed by atoms with Gasteiger partial charge in [0.05, 0.1) is 5.56 Å². The summed E-state index contributed by atoms with van der Waals surface area (Å²) in [6.45, 7) is 0.206. The molecule has 0 fully saturated rings. The fraction of sp³-hybridized carbons (Fsp3) is 0.250. The number of aromatic hydroxyl groups is 1. The maximum absolute atomic E-state index is 12.2. The molecule has 2 N–H and O–H groups in total. The lowest BCUT2D eigenvalue weighted by molar-refractivity contribution is -0.154. The van der Waals surface area contributed by atoms with Gasteiger partial charge in [-0.2, -0.15) is 13.2 Å². The monoisotopic (exact) mass is 340 g/mol. The van der Waals surface area contributed by atoms with Crippen molar-refractivity contribution in [2.75, 3.05) is 6.61 Å². The van der Waals surface area contributed by atoms with Crippen molar-refractivity contribution in [3.63, 3.8) is 0 Å². The molecular weight excluding hydrogens is 325 g/mol. The lowest BCUT2D eigenvalue weighted by Gasteiger charge is -2.13. The summed E-state index contributed by atoms with van der Waals surface area (Å²) in [4.78, 5) is 15.8. The molecule has 0 aliphatic rings. The van der Waals surface area contributed by atoms with Gasteiger partial charge in [-0.3, -0.25) is 4.79 Å². The van der Waals surface area contributed by atoms with Crippen LogP contribution < -0.4 is 10.1 Å². The fourth-order valence-electron chi connectivity index (χ4n) is 1.94. The highest BCUT2D eigenvalue weighted by Crippen LogP contribution is 2.21. The van der Waals surface area contributed by atoms with Crippen LogP contribution in [0.4, 0.5) is 13.2 Å². The smallest absolute Gasteiger partial charge is 0.422 e. The second-order valence-electron chi connectivity index (χ2n) is 5.07. The molecule has 128 valence electrons. The van der Waals surface area contributed by atoms with Crippen molar-refractivity contribution in [1.29, 1.82) is 0 Å². The van der Waals surface area contributed by atoms with Crippen LogP contribution in [0, 0.1) is 6.92 Å². The maximum Gasteiger partial charge on any atom is 0.422 e. The van der Waals surface area contributed by atoms with Crippen LogP contribution in [-0.2, 0) is 6.54 Å². The molecule has 5 nitrogen and oxygen atoms in total. The van der Waals surface area contributed by atoms with Gasteiger partial charge in [0.2, 0.25) is 5.88 Å². The molecule has 1 aromatic carbocycles. The standard InChI is InChI=1S/C16H15F3N2O3/c1-10-4-5-13(22)12(7-10)14(23)21-8-11-3-2-6-20-15(11)24-9-16(17,18)19/h2-7,22H,8-9H2,1H3,(H,21,23). The Morgan fingerprint density at radius 3 is 2.79 bits per heavy atom. The number of aryl methyl sites for hydroxylation is 1. The van der Waals surface area contributed by atoms with E-state index in [-0.39, 0.29) is 23.7 Å². The van der Waals surface area contributed by atoms with E-state index in [1.165, 1.54) is 30.5 Å². The van der Waals surface area contributed by atoms with E-state index in [9.17, 15) is 23.1 Å². The minimum atomic E-state index is -4.48. The number of carbonyl (C=O) groups excluding carboxylic acids is 1. The Hall–Kier alpha value is -2.77. The van der Waals surface area contributed by atoms with Crippen LogP contribution in [0.1, 0.15) is 21.5 Å². The third-order valence-corrected chi connectivity index (χ3v) is 3.06. The van der Waals surface area contributed by atoms with E-state index in [0.29, 0.717) is 5.56 Å². The van der Waals surface area contributed by atoms with Crippen LogP contribution in [0.25, 0.3) is 0 Å². The van der Waals surface area contributed by atoms with Gasteiger partial charge >= 0.3 is 6.18 Å². The molecule has 1 amide bonds. The zero-order valence-corrected chi connectivity index (χ0v) is 12.7. The van der Waals surface area contributed by atoms with E-state index < -0.39 is 18.7 Å². The van der Waals surface area contributed by atoms with Gasteiger partial charge < -0.3 is 15.2 Å². The molecule has 0 saturated heterocycles. The highest BCUT2D eigenvalue weighted by atomic mass is 19.4. The van der Waals surface area contributed by atoms with Crippen LogP contribution in [-0.4, -0.2) is 28.8 Å². The second-order valence-corrected chi connectivity index (χ2v) is 5.07. The minimum Gasteiger partial charge on any atom is -0.507 e. The number of benzene rings is 1. The quantitative estimate of drug-likeness (QED) is 0.878. The van der Waals surface area contributed by atoms with Crippen LogP contribution in [0.2, 0.25) is 0 Å². The summed E-state index contributed by atoms with van der Waals surface area (Å²) in [5.41, 5.74) is 1.16. The van der Waals surface area contributed by atoms with Crippen LogP contribution >= 0.6 is 0 Å². The van der Waals surface area contributed by atoms with Gasteiger partial charge in [0, 0.05) is 18.3 Å². The van der Waals surface area contributed by atoms with Crippen LogP contribution in [0.15, 0.2) is 36.5 Å². The van der Waals surface area contributed by atoms with Crippen LogP contribution in [0.5, 0.6) is 11.6 Å². The molecule has 0 radical (unpaired) electrons. The van der Waals surface area contributed by atoms with Crippen molar-refractivity contribution in [1.82, 2.24) is 10.3 Å². The molecule has 0 aliphatic heterocycles. The van der Waals surface area contributed by atoms with Crippen molar-refractivity contribution in [3.8, 4) is 11.6 Å². The summed E-state index contributed by atoms with van der Waals surface area (Å²) in [6, 6.07) is 7.57. The topological polar surface area (TPSA) is 71.5 Å². The van der Waals surface area contributed by atoms with E-state index in [2.05, 4.69) is 15.0 Å². The predicted molar refractivity (Wildman–Crippen MR) is 79.8 cm³/mol. The first kappa shape index (κ1) is 17.6. The number of ether oxygens (including phenoxy) is 1. The first-order valence-corrected chi connectivity index (χ1v) is 6.97. The Kier molecular flexibility index (Phi) is 5.28. The number of nitrogens with zero attached hydrogens (tertiary/aromatic N) is 1. The first-order chi connectivity index (χ1) is 11.3. The summed E-state index contributed by atoms with van der Waals surface area (Å²) in [5.74, 6) is -0.941. The Labute approximate surface area is 136 Å². The minimum absolute atomic E-state index is 0.0802. The Morgan fingerprint density at radius 2 is 2.08 bits per heavy atom. The van der Waals surface area contributed by atoms with E-state index in [4.69, 9.17) is 0 Å². The van der Waals surface area contributed by atoms with Crippen molar-refractivity contribution in [2.24, 2.45) is 0 Å². The third kappa shape index (κ3) is 4.87. The number of alkyl halides is 3. The lowest BCUT2D eigenvalue weighted by atomic mass is 10.1. The van der Waals surface area contributed by atoms with Gasteiger partial charge in [-0.1, -0.05) is 17.7 Å². The molecule has 8 heteroatoms. The van der Waals surface area contributed by atoms with Crippen LogP contribution in [0.3, 0.4) is 0 Å². The molecule has 0 spiro atoms. The van der Waals surface area contributed by atoms with Crippen molar-refractivity contribution >= 4 is 5.91 Å². The van der Waals surface area contributed by atoms with Gasteiger partial charge in [-0.25, -0.2) is 4.98 Å². The molecule has 1 heterocycles. The van der Waals surface area contributed by atoms with Gasteiger partial charge in [0.15, 0.2) is 6.61 Å². The SMILES string of the molecule is Cc1ccc(O)c(C(=O)NCc2cccnc2OCC(F)(F)F)c1. The number of aromatic nitrogens is 1. The lowest BCUT2D eigenvalue weighted by Crippen LogP contribution is -2.24. The Morgan fingerprint density at radius 1 is 1.33 bits per heavy atom. The zero-order valence-electron chi connectivity index (χ0n) is 12.7. The third-order valence-electron chi connectivity index (χ3n) is 3.06. The molecule has 0 bridgehead atoms. The maximum atomic E-state index is 12.2. The number of amides is 1. The van der Waals surface area contributed by atoms with Gasteiger partial charge in [-0.15, -0.1) is 0 Å². The number of halogens is 3. The summed E-state index contributed by atoms with van der Waals surface area (Å²) in [5, 5.41) is 12.2. The molecule has 2 aromatic rings. The number of phenols is 1. The molecule has 0 unspecified atom stereocenters. The molecule has 0 aliphatic carbocycles. The van der Waals surface area contributed by atoms with Gasteiger partial charge in [0.1, 0.15) is 5.75 Å². The first-order valence-electron chi connectivity index (χ1n) is 6.97. The van der Waals surface area contributed by atoms with E-state index >= 15 is 0 Å². The van der Waals surface area contributed by atoms with Crippen molar-refractivity contribution < 1.29 is 27.8 Å². The Bertz CT molecular complexity index is 733. The average molecular weight is 340 g/mol. The highest BCUT2D eigenvalue weighted by Gasteiger charge is 2.29. The molecule has 0 atom stereocenters. The molecule has 24 heavy (non-hydrogen) atoms. The number of hydrogen-bond donors (Lipinski definition) is 2. The number of hydrogen-bond acceptors (Lipinski definition) is 4. The summed E-state index contributed by atoms with van der Waals surface area (Å²) in [7, 11) is 0. The fourth-order valence-corrected chi connectivity index (χ4v) is 1.94. The second kappa shape index (κ2) is 7.20. The number of phenolic OH excluding ortho intramolecular Hbond substituents is 1. The zero-order chi connectivity index (χ0) is 17.7. The average Bonchev–Trinajstić information content (AvgIpc) is 2.53. The molecular formula is C16H15F3N2O3. The van der Waals surface area contributed by atoms with E-state index in [1.807, 2.05) is 0 Å². The number of carbonyl (C=O) groups is 1. The van der Waals surface area contributed by atoms with Crippen molar-refractivity contribution in [3.05, 3.63) is 53.2 Å². The number of pyridine rings is 1. The van der Waals surface area contributed by atoms with Crippen molar-refractivity contribution in [2.45, 2.75) is 19.6 Å². The number of nitrogens with one attached hydrogen (secondary N) is 1. The number of rotatable bonds is 5. The summed E-state index contributed by atoms with van der Waals surface area (Å²) >= 11 is 0. The normalized spacial score (nSPS) is 11.2. The molecule has 1 aromatic heterocycles. The summed E-state index contributed by atoms with van der Waals surface area (Å²) in [6.07, 6.45) is -3.19. The summed E-state index contributed by atoms with van der Waals surface area (Å²) < 4.78 is 41.4. The Balaban J connectivity index is 2.06. The predicted octanol–water partition coefficient (Wildman–Crippen LogP) is 2.97. The van der Waals surface area contributed by atoms with E-state index in [1.54, 1.807) is 13.0 Å². The largest absolute Gasteiger partial charge is 0.507 e. The van der Waals surface area contributed by atoms with E-state index in [0.717, 1.165) is 5.56 Å². The molecule has 0 saturated carbocycles. The van der Waals surface area contributed by atoms with Gasteiger partial charge in [-0.05, 0) is 25.1 Å².